The van der Waals surface area contributed by atoms with Gasteiger partial charge in [0.15, 0.2) is 0 Å². The Morgan fingerprint density at radius 3 is 3.00 bits per heavy atom. The summed E-state index contributed by atoms with van der Waals surface area (Å²) in [7, 11) is 2.14. The minimum absolute atomic E-state index is 0.410. The lowest BCUT2D eigenvalue weighted by Crippen LogP contribution is -2.29. The third kappa shape index (κ3) is 1.97. The van der Waals surface area contributed by atoms with Crippen LogP contribution >= 0.6 is 11.6 Å². The molecular weight excluding hydrogens is 244 g/mol. The Hall–Kier alpha value is -1.54. The van der Waals surface area contributed by atoms with Gasteiger partial charge < -0.3 is 4.90 Å². The van der Waals surface area contributed by atoms with Gasteiger partial charge in [-0.25, -0.2) is 0 Å². The van der Waals surface area contributed by atoms with Gasteiger partial charge in [0.1, 0.15) is 0 Å². The van der Waals surface area contributed by atoms with Gasteiger partial charge in [0.05, 0.1) is 6.04 Å². The number of hydrogen-bond acceptors (Lipinski definition) is 2. The van der Waals surface area contributed by atoms with Crippen molar-refractivity contribution < 1.29 is 0 Å². The Balaban J connectivity index is 1.97. The zero-order chi connectivity index (χ0) is 12.5. The molecule has 1 aromatic carbocycles. The molecule has 0 N–H and O–H groups in total. The molecule has 1 aliphatic rings. The van der Waals surface area contributed by atoms with Gasteiger partial charge in [-0.1, -0.05) is 17.7 Å². The molecule has 1 atom stereocenters. The highest BCUT2D eigenvalue weighted by molar-refractivity contribution is 6.30. The average Bonchev–Trinajstić information content (AvgIpc) is 2.40. The Kier molecular flexibility index (Phi) is 2.96. The second-order valence-electron chi connectivity index (χ2n) is 4.72. The van der Waals surface area contributed by atoms with Crippen LogP contribution in [0.3, 0.4) is 0 Å². The summed E-state index contributed by atoms with van der Waals surface area (Å²) in [5.74, 6) is 0. The molecule has 2 heterocycles. The number of hydrogen-bond donors (Lipinski definition) is 0. The van der Waals surface area contributed by atoms with Crippen molar-refractivity contribution in [1.82, 2.24) is 4.98 Å². The lowest BCUT2D eigenvalue weighted by molar-refractivity contribution is 0.582. The Labute approximate surface area is 112 Å². The number of aryl methyl sites for hydroxylation is 1. The summed E-state index contributed by atoms with van der Waals surface area (Å²) in [6, 6.07) is 10.7. The molecule has 0 radical (unpaired) electrons. The largest absolute Gasteiger partial charge is 0.367 e. The van der Waals surface area contributed by atoms with Crippen LogP contribution in [0.5, 0.6) is 0 Å². The number of benzene rings is 1. The van der Waals surface area contributed by atoms with E-state index < -0.39 is 0 Å². The van der Waals surface area contributed by atoms with E-state index in [1.165, 1.54) is 16.8 Å². The van der Waals surface area contributed by atoms with Crippen LogP contribution in [-0.2, 0) is 6.42 Å². The molecule has 3 heteroatoms. The molecule has 1 aromatic heterocycles. The number of halogens is 1. The quantitative estimate of drug-likeness (QED) is 0.772. The van der Waals surface area contributed by atoms with Gasteiger partial charge in [-0.2, -0.15) is 0 Å². The zero-order valence-corrected chi connectivity index (χ0v) is 11.1. The molecule has 2 nitrogen and oxygen atoms in total. The average molecular weight is 259 g/mol. The molecule has 1 aliphatic heterocycles. The molecule has 0 spiro atoms. The van der Waals surface area contributed by atoms with Gasteiger partial charge in [0.25, 0.3) is 0 Å². The second-order valence-corrected chi connectivity index (χ2v) is 5.16. The van der Waals surface area contributed by atoms with Crippen molar-refractivity contribution >= 4 is 17.3 Å². The van der Waals surface area contributed by atoms with Gasteiger partial charge in [-0.3, -0.25) is 4.98 Å². The Bertz CT molecular complexity index is 554. The van der Waals surface area contributed by atoms with Crippen molar-refractivity contribution in [2.75, 3.05) is 11.9 Å². The topological polar surface area (TPSA) is 16.1 Å². The van der Waals surface area contributed by atoms with E-state index >= 15 is 0 Å². The van der Waals surface area contributed by atoms with Gasteiger partial charge in [-0.15, -0.1) is 0 Å². The summed E-state index contributed by atoms with van der Waals surface area (Å²) in [5, 5.41) is 0.821. The minimum atomic E-state index is 0.410. The maximum absolute atomic E-state index is 6.05. The summed E-state index contributed by atoms with van der Waals surface area (Å²) < 4.78 is 0. The van der Waals surface area contributed by atoms with Gasteiger partial charge in [0.2, 0.25) is 0 Å². The summed E-state index contributed by atoms with van der Waals surface area (Å²) in [5.41, 5.74) is 3.89. The van der Waals surface area contributed by atoms with E-state index in [1.54, 1.807) is 0 Å². The molecular formula is C15H15ClN2. The third-order valence-electron chi connectivity index (χ3n) is 3.65. The molecule has 0 amide bonds. The van der Waals surface area contributed by atoms with E-state index in [9.17, 15) is 0 Å². The van der Waals surface area contributed by atoms with Crippen LogP contribution in [0.2, 0.25) is 5.02 Å². The maximum atomic E-state index is 6.05. The molecule has 3 rings (SSSR count). The highest BCUT2D eigenvalue weighted by atomic mass is 35.5. The van der Waals surface area contributed by atoms with Crippen molar-refractivity contribution in [1.29, 1.82) is 0 Å². The van der Waals surface area contributed by atoms with Crippen molar-refractivity contribution in [3.05, 3.63) is 58.9 Å². The van der Waals surface area contributed by atoms with Crippen molar-refractivity contribution in [2.24, 2.45) is 0 Å². The van der Waals surface area contributed by atoms with Crippen molar-refractivity contribution in [3.63, 3.8) is 0 Å². The minimum Gasteiger partial charge on any atom is -0.367 e. The first-order valence-corrected chi connectivity index (χ1v) is 6.54. The SMILES string of the molecule is CN1c2ccc(Cl)cc2CC[C@H]1c1cccnc1. The first kappa shape index (κ1) is 11.5. The van der Waals surface area contributed by atoms with E-state index in [0.717, 1.165) is 17.9 Å². The highest BCUT2D eigenvalue weighted by Gasteiger charge is 2.24. The number of nitrogens with zero attached hydrogens (tertiary/aromatic N) is 2. The number of rotatable bonds is 1. The fourth-order valence-corrected chi connectivity index (χ4v) is 2.91. The number of pyridine rings is 1. The number of anilines is 1. The van der Waals surface area contributed by atoms with Crippen LogP contribution in [0.4, 0.5) is 5.69 Å². The Morgan fingerprint density at radius 2 is 2.22 bits per heavy atom. The van der Waals surface area contributed by atoms with Crippen LogP contribution in [0.15, 0.2) is 42.7 Å². The Morgan fingerprint density at radius 1 is 1.33 bits per heavy atom. The molecule has 0 saturated carbocycles. The summed E-state index contributed by atoms with van der Waals surface area (Å²) in [6.45, 7) is 0. The fraction of sp³-hybridized carbons (Fsp3) is 0.267. The van der Waals surface area contributed by atoms with Crippen LogP contribution in [0.1, 0.15) is 23.6 Å². The summed E-state index contributed by atoms with van der Waals surface area (Å²) in [6.07, 6.45) is 5.96. The van der Waals surface area contributed by atoms with Gasteiger partial charge >= 0.3 is 0 Å². The van der Waals surface area contributed by atoms with Gasteiger partial charge in [-0.05, 0) is 48.2 Å². The second kappa shape index (κ2) is 4.62. The van der Waals surface area contributed by atoms with E-state index in [4.69, 9.17) is 11.6 Å². The first-order chi connectivity index (χ1) is 8.75. The first-order valence-electron chi connectivity index (χ1n) is 6.17. The third-order valence-corrected chi connectivity index (χ3v) is 3.88. The molecule has 0 saturated heterocycles. The molecule has 92 valence electrons. The monoisotopic (exact) mass is 258 g/mol. The predicted octanol–water partition coefficient (Wildman–Crippen LogP) is 3.86. The molecule has 18 heavy (non-hydrogen) atoms. The summed E-state index contributed by atoms with van der Waals surface area (Å²) in [4.78, 5) is 6.54. The smallest absolute Gasteiger partial charge is 0.0557 e. The van der Waals surface area contributed by atoms with E-state index in [0.29, 0.717) is 6.04 Å². The van der Waals surface area contributed by atoms with Crippen molar-refractivity contribution in [2.45, 2.75) is 18.9 Å². The lowest BCUT2D eigenvalue weighted by atomic mass is 9.92. The zero-order valence-electron chi connectivity index (χ0n) is 10.3. The summed E-state index contributed by atoms with van der Waals surface area (Å²) >= 11 is 6.05. The molecule has 0 bridgehead atoms. The molecule has 0 aliphatic carbocycles. The van der Waals surface area contributed by atoms with E-state index in [-0.39, 0.29) is 0 Å². The lowest BCUT2D eigenvalue weighted by Gasteiger charge is -2.36. The molecule has 0 unspecified atom stereocenters. The molecule has 0 fully saturated rings. The highest BCUT2D eigenvalue weighted by Crippen LogP contribution is 2.37. The van der Waals surface area contributed by atoms with Crippen molar-refractivity contribution in [3.8, 4) is 0 Å². The van der Waals surface area contributed by atoms with Crippen LogP contribution < -0.4 is 4.90 Å². The normalized spacial score (nSPS) is 18.6. The van der Waals surface area contributed by atoms with Crippen LogP contribution in [-0.4, -0.2) is 12.0 Å². The van der Waals surface area contributed by atoms with E-state index in [2.05, 4.69) is 35.1 Å². The van der Waals surface area contributed by atoms with Crippen LogP contribution in [0, 0.1) is 0 Å². The maximum Gasteiger partial charge on any atom is 0.0557 e. The predicted molar refractivity (Wildman–Crippen MR) is 75.2 cm³/mol. The van der Waals surface area contributed by atoms with Crippen LogP contribution in [0.25, 0.3) is 0 Å². The van der Waals surface area contributed by atoms with Gasteiger partial charge in [0, 0.05) is 30.2 Å². The fourth-order valence-electron chi connectivity index (χ4n) is 2.72. The number of fused-ring (bicyclic) bond motifs is 1. The molecule has 2 aromatic rings. The number of aromatic nitrogens is 1. The standard InChI is InChI=1S/C15H15ClN2/c1-18-14-7-5-13(16)9-11(14)4-6-15(18)12-3-2-8-17-10-12/h2-3,5,7-10,15H,4,6H2,1H3/t15-/m0/s1. The van der Waals surface area contributed by atoms with E-state index in [1.807, 2.05) is 24.5 Å².